The Hall–Kier alpha value is -2.50. The third kappa shape index (κ3) is 2.62. The smallest absolute Gasteiger partial charge is 0.262 e. The van der Waals surface area contributed by atoms with Crippen LogP contribution < -0.4 is 5.32 Å². The van der Waals surface area contributed by atoms with Gasteiger partial charge in [-0.2, -0.15) is 0 Å². The van der Waals surface area contributed by atoms with E-state index < -0.39 is 23.8 Å². The van der Waals surface area contributed by atoms with E-state index in [1.807, 2.05) is 6.07 Å². The molecule has 24 heavy (non-hydrogen) atoms. The van der Waals surface area contributed by atoms with Crippen molar-refractivity contribution in [3.63, 3.8) is 0 Å². The van der Waals surface area contributed by atoms with E-state index in [1.54, 1.807) is 12.1 Å². The van der Waals surface area contributed by atoms with Gasteiger partial charge in [0.2, 0.25) is 11.8 Å². The SMILES string of the molecule is CCCC(C)c1ccc2c(c1)C(=O)N(C1CCC(=O)NC1=O)C2=O. The Morgan fingerprint density at radius 1 is 1.17 bits per heavy atom. The maximum atomic E-state index is 12.7. The molecule has 1 aromatic carbocycles. The van der Waals surface area contributed by atoms with Gasteiger partial charge in [-0.25, -0.2) is 0 Å². The molecule has 2 unspecified atom stereocenters. The Morgan fingerprint density at radius 3 is 2.54 bits per heavy atom. The Balaban J connectivity index is 1.91. The lowest BCUT2D eigenvalue weighted by molar-refractivity contribution is -0.136. The molecule has 126 valence electrons. The second kappa shape index (κ2) is 6.19. The van der Waals surface area contributed by atoms with Gasteiger partial charge in [0.25, 0.3) is 11.8 Å². The van der Waals surface area contributed by atoms with Crippen molar-refractivity contribution in [2.24, 2.45) is 0 Å². The van der Waals surface area contributed by atoms with Gasteiger partial charge >= 0.3 is 0 Å². The lowest BCUT2D eigenvalue weighted by Gasteiger charge is -2.27. The molecule has 3 rings (SSSR count). The molecule has 2 heterocycles. The Labute approximate surface area is 140 Å². The minimum atomic E-state index is -0.911. The first-order chi connectivity index (χ1) is 11.4. The summed E-state index contributed by atoms with van der Waals surface area (Å²) in [7, 11) is 0. The summed E-state index contributed by atoms with van der Waals surface area (Å²) in [5, 5.41) is 2.20. The van der Waals surface area contributed by atoms with Crippen molar-refractivity contribution in [2.45, 2.75) is 51.5 Å². The molecule has 1 saturated heterocycles. The lowest BCUT2D eigenvalue weighted by atomic mass is 9.93. The normalized spacial score (nSPS) is 21.8. The first-order valence-electron chi connectivity index (χ1n) is 8.29. The zero-order chi connectivity index (χ0) is 17.4. The maximum absolute atomic E-state index is 12.7. The highest BCUT2D eigenvalue weighted by molar-refractivity contribution is 6.23. The van der Waals surface area contributed by atoms with Gasteiger partial charge in [-0.15, -0.1) is 0 Å². The van der Waals surface area contributed by atoms with E-state index in [0.29, 0.717) is 17.0 Å². The molecule has 1 aromatic rings. The van der Waals surface area contributed by atoms with Gasteiger partial charge in [0.05, 0.1) is 11.1 Å². The number of nitrogens with zero attached hydrogens (tertiary/aromatic N) is 1. The predicted molar refractivity (Wildman–Crippen MR) is 86.4 cm³/mol. The molecular formula is C18H20N2O4. The van der Waals surface area contributed by atoms with Crippen molar-refractivity contribution in [1.82, 2.24) is 10.2 Å². The van der Waals surface area contributed by atoms with Gasteiger partial charge in [0.15, 0.2) is 0 Å². The van der Waals surface area contributed by atoms with Gasteiger partial charge in [0, 0.05) is 6.42 Å². The fraction of sp³-hybridized carbons (Fsp3) is 0.444. The number of amides is 4. The molecule has 0 radical (unpaired) electrons. The minimum absolute atomic E-state index is 0.128. The molecule has 0 spiro atoms. The molecule has 1 N–H and O–H groups in total. The number of benzene rings is 1. The summed E-state index contributed by atoms with van der Waals surface area (Å²) >= 11 is 0. The van der Waals surface area contributed by atoms with Gasteiger partial charge in [-0.05, 0) is 36.5 Å². The van der Waals surface area contributed by atoms with Crippen LogP contribution in [0.1, 0.15) is 71.7 Å². The third-order valence-corrected chi connectivity index (χ3v) is 4.75. The molecule has 2 aliphatic rings. The molecule has 4 amide bonds. The van der Waals surface area contributed by atoms with Crippen LogP contribution in [0.2, 0.25) is 0 Å². The van der Waals surface area contributed by atoms with Crippen LogP contribution in [-0.2, 0) is 9.59 Å². The number of carbonyl (C=O) groups excluding carboxylic acids is 4. The zero-order valence-electron chi connectivity index (χ0n) is 13.8. The summed E-state index contributed by atoms with van der Waals surface area (Å²) < 4.78 is 0. The molecule has 0 bridgehead atoms. The number of carbonyl (C=O) groups is 4. The molecule has 0 aliphatic carbocycles. The number of fused-ring (bicyclic) bond motifs is 1. The van der Waals surface area contributed by atoms with Crippen molar-refractivity contribution in [1.29, 1.82) is 0 Å². The van der Waals surface area contributed by atoms with Crippen molar-refractivity contribution in [3.05, 3.63) is 34.9 Å². The Kier molecular flexibility index (Phi) is 4.22. The molecule has 0 saturated carbocycles. The highest BCUT2D eigenvalue weighted by atomic mass is 16.2. The highest BCUT2D eigenvalue weighted by Crippen LogP contribution is 2.31. The average molecular weight is 328 g/mol. The quantitative estimate of drug-likeness (QED) is 0.857. The number of hydrogen-bond donors (Lipinski definition) is 1. The predicted octanol–water partition coefficient (Wildman–Crippen LogP) is 1.99. The number of nitrogens with one attached hydrogen (secondary N) is 1. The van der Waals surface area contributed by atoms with Crippen molar-refractivity contribution in [3.8, 4) is 0 Å². The van der Waals surface area contributed by atoms with E-state index in [0.717, 1.165) is 23.3 Å². The van der Waals surface area contributed by atoms with E-state index in [1.165, 1.54) is 0 Å². The lowest BCUT2D eigenvalue weighted by Crippen LogP contribution is -2.54. The van der Waals surface area contributed by atoms with Gasteiger partial charge in [-0.1, -0.05) is 26.3 Å². The van der Waals surface area contributed by atoms with Crippen LogP contribution in [0.4, 0.5) is 0 Å². The van der Waals surface area contributed by atoms with E-state index >= 15 is 0 Å². The minimum Gasteiger partial charge on any atom is -0.295 e. The summed E-state index contributed by atoms with van der Waals surface area (Å²) in [5.41, 5.74) is 1.70. The summed E-state index contributed by atoms with van der Waals surface area (Å²) in [6.07, 6.45) is 2.34. The zero-order valence-corrected chi connectivity index (χ0v) is 13.8. The van der Waals surface area contributed by atoms with Gasteiger partial charge in [-0.3, -0.25) is 29.4 Å². The van der Waals surface area contributed by atoms with Crippen LogP contribution >= 0.6 is 0 Å². The standard InChI is InChI=1S/C18H20N2O4/c1-3-4-10(2)11-5-6-12-13(9-11)18(24)20(17(12)23)14-7-8-15(21)19-16(14)22/h5-6,9-10,14H,3-4,7-8H2,1-2H3,(H,19,21,22). The molecule has 1 fully saturated rings. The van der Waals surface area contributed by atoms with E-state index in [9.17, 15) is 19.2 Å². The Bertz CT molecular complexity index is 741. The Morgan fingerprint density at radius 2 is 1.88 bits per heavy atom. The molecule has 2 atom stereocenters. The molecule has 0 aromatic heterocycles. The van der Waals surface area contributed by atoms with Crippen molar-refractivity contribution < 1.29 is 19.2 Å². The van der Waals surface area contributed by atoms with Crippen molar-refractivity contribution >= 4 is 23.6 Å². The van der Waals surface area contributed by atoms with Crippen molar-refractivity contribution in [2.75, 3.05) is 0 Å². The summed E-state index contributed by atoms with van der Waals surface area (Å²) in [6.45, 7) is 4.19. The van der Waals surface area contributed by atoms with Gasteiger partial charge < -0.3 is 0 Å². The highest BCUT2D eigenvalue weighted by Gasteiger charge is 2.44. The molecule has 6 heteroatoms. The fourth-order valence-electron chi connectivity index (χ4n) is 3.39. The van der Waals surface area contributed by atoms with Crippen LogP contribution in [0.5, 0.6) is 0 Å². The molecule has 6 nitrogen and oxygen atoms in total. The summed E-state index contributed by atoms with van der Waals surface area (Å²) in [5.74, 6) is -1.56. The topological polar surface area (TPSA) is 83.6 Å². The average Bonchev–Trinajstić information content (AvgIpc) is 2.79. The van der Waals surface area contributed by atoms with Crippen LogP contribution in [0.25, 0.3) is 0 Å². The monoisotopic (exact) mass is 328 g/mol. The van der Waals surface area contributed by atoms with Crippen LogP contribution in [0.15, 0.2) is 18.2 Å². The molecular weight excluding hydrogens is 308 g/mol. The number of imide groups is 2. The number of hydrogen-bond acceptors (Lipinski definition) is 4. The largest absolute Gasteiger partial charge is 0.295 e. The first kappa shape index (κ1) is 16.4. The molecule has 2 aliphatic heterocycles. The fourth-order valence-corrected chi connectivity index (χ4v) is 3.39. The van der Waals surface area contributed by atoms with E-state index in [-0.39, 0.29) is 18.7 Å². The second-order valence-corrected chi connectivity index (χ2v) is 6.44. The maximum Gasteiger partial charge on any atom is 0.262 e. The van der Waals surface area contributed by atoms with Crippen LogP contribution in [0.3, 0.4) is 0 Å². The summed E-state index contributed by atoms with van der Waals surface area (Å²) in [6, 6.07) is 4.40. The second-order valence-electron chi connectivity index (χ2n) is 6.44. The van der Waals surface area contributed by atoms with Gasteiger partial charge in [0.1, 0.15) is 6.04 Å². The number of rotatable bonds is 4. The van der Waals surface area contributed by atoms with Crippen LogP contribution in [0, 0.1) is 0 Å². The van der Waals surface area contributed by atoms with E-state index in [4.69, 9.17) is 0 Å². The van der Waals surface area contributed by atoms with E-state index in [2.05, 4.69) is 19.2 Å². The third-order valence-electron chi connectivity index (χ3n) is 4.75. The number of piperidine rings is 1. The summed E-state index contributed by atoms with van der Waals surface area (Å²) in [4.78, 5) is 49.6. The first-order valence-corrected chi connectivity index (χ1v) is 8.29. The van der Waals surface area contributed by atoms with Crippen LogP contribution in [-0.4, -0.2) is 34.6 Å².